The molecule has 138 valence electrons. The first-order chi connectivity index (χ1) is 12.5. The van der Waals surface area contributed by atoms with Crippen molar-refractivity contribution in [2.75, 3.05) is 20.2 Å². The van der Waals surface area contributed by atoms with Crippen LogP contribution in [0.1, 0.15) is 24.6 Å². The van der Waals surface area contributed by atoms with Crippen LogP contribution in [-0.2, 0) is 4.79 Å². The number of nitrogens with one attached hydrogen (secondary N) is 1. The van der Waals surface area contributed by atoms with Gasteiger partial charge in [0.15, 0.2) is 0 Å². The SMILES string of the molecule is COc1ccc2c(C(O)NCC(=O)N3CCC[C@H]3B(O)O)ccnc2c1. The zero-order chi connectivity index (χ0) is 18.7. The van der Waals surface area contributed by atoms with Crippen molar-refractivity contribution in [3.63, 3.8) is 0 Å². The summed E-state index contributed by atoms with van der Waals surface area (Å²) in [5.41, 5.74) is 1.28. The third-order valence-electron chi connectivity index (χ3n) is 4.69. The summed E-state index contributed by atoms with van der Waals surface area (Å²) in [6.07, 6.45) is 1.82. The molecule has 1 aromatic carbocycles. The maximum absolute atomic E-state index is 12.3. The van der Waals surface area contributed by atoms with E-state index in [1.807, 2.05) is 6.07 Å². The minimum Gasteiger partial charge on any atom is -0.497 e. The summed E-state index contributed by atoms with van der Waals surface area (Å²) < 4.78 is 5.18. The molecule has 1 amide bonds. The molecule has 2 aromatic rings. The highest BCUT2D eigenvalue weighted by Crippen LogP contribution is 2.25. The molecular formula is C17H22BN3O5. The number of aromatic nitrogens is 1. The van der Waals surface area contributed by atoms with Crippen molar-refractivity contribution in [1.29, 1.82) is 0 Å². The second kappa shape index (κ2) is 8.00. The Morgan fingerprint density at radius 3 is 3.00 bits per heavy atom. The van der Waals surface area contributed by atoms with Gasteiger partial charge in [0.25, 0.3) is 0 Å². The lowest BCUT2D eigenvalue weighted by Crippen LogP contribution is -2.48. The minimum atomic E-state index is -1.55. The number of benzene rings is 1. The predicted octanol–water partition coefficient (Wildman–Crippen LogP) is -0.173. The van der Waals surface area contributed by atoms with Crippen molar-refractivity contribution in [1.82, 2.24) is 15.2 Å². The molecule has 1 aliphatic rings. The standard InChI is InChI=1S/C17H22BN3O5/c1-26-11-4-5-12-13(6-7-19-14(12)9-11)17(23)20-10-16(22)21-8-2-3-15(21)18(24)25/h4-7,9,15,17,20,23-25H,2-3,8,10H2,1H3/t15-,17?/m0/s1. The van der Waals surface area contributed by atoms with Crippen LogP contribution in [0.15, 0.2) is 30.5 Å². The third kappa shape index (κ3) is 3.80. The molecule has 0 saturated carbocycles. The van der Waals surface area contributed by atoms with Gasteiger partial charge in [-0.3, -0.25) is 15.1 Å². The van der Waals surface area contributed by atoms with E-state index in [0.29, 0.717) is 29.8 Å². The number of aliphatic hydroxyl groups is 1. The number of amides is 1. The van der Waals surface area contributed by atoms with Gasteiger partial charge in [-0.2, -0.15) is 0 Å². The van der Waals surface area contributed by atoms with E-state index in [-0.39, 0.29) is 12.5 Å². The molecule has 1 fully saturated rings. The van der Waals surface area contributed by atoms with Crippen molar-refractivity contribution in [3.8, 4) is 5.75 Å². The molecule has 0 radical (unpaired) electrons. The maximum Gasteiger partial charge on any atom is 0.475 e. The van der Waals surface area contributed by atoms with Crippen LogP contribution in [0.5, 0.6) is 5.75 Å². The number of likely N-dealkylation sites (tertiary alicyclic amines) is 1. The average Bonchev–Trinajstić information content (AvgIpc) is 3.15. The number of nitrogens with zero attached hydrogens (tertiary/aromatic N) is 2. The van der Waals surface area contributed by atoms with Crippen molar-refractivity contribution in [2.24, 2.45) is 0 Å². The Bertz CT molecular complexity index is 788. The van der Waals surface area contributed by atoms with Gasteiger partial charge in [0.1, 0.15) is 12.0 Å². The zero-order valence-corrected chi connectivity index (χ0v) is 14.5. The van der Waals surface area contributed by atoms with Crippen LogP contribution < -0.4 is 10.1 Å². The summed E-state index contributed by atoms with van der Waals surface area (Å²) >= 11 is 0. The third-order valence-corrected chi connectivity index (χ3v) is 4.69. The van der Waals surface area contributed by atoms with Crippen LogP contribution in [0.25, 0.3) is 10.9 Å². The molecule has 2 atom stereocenters. The van der Waals surface area contributed by atoms with Gasteiger partial charge >= 0.3 is 7.12 Å². The monoisotopic (exact) mass is 359 g/mol. The molecule has 0 bridgehead atoms. The van der Waals surface area contributed by atoms with Crippen LogP contribution in [0.2, 0.25) is 0 Å². The van der Waals surface area contributed by atoms with Gasteiger partial charge in [0, 0.05) is 29.8 Å². The number of hydrogen-bond donors (Lipinski definition) is 4. The van der Waals surface area contributed by atoms with Crippen LogP contribution in [0, 0.1) is 0 Å². The van der Waals surface area contributed by atoms with Crippen molar-refractivity contribution >= 4 is 23.9 Å². The highest BCUT2D eigenvalue weighted by atomic mass is 16.5. The number of hydrogen-bond acceptors (Lipinski definition) is 7. The first-order valence-corrected chi connectivity index (χ1v) is 8.51. The summed E-state index contributed by atoms with van der Waals surface area (Å²) in [6.45, 7) is 0.376. The van der Waals surface area contributed by atoms with E-state index in [9.17, 15) is 19.9 Å². The van der Waals surface area contributed by atoms with Crippen LogP contribution in [0.3, 0.4) is 0 Å². The highest BCUT2D eigenvalue weighted by molar-refractivity contribution is 6.43. The number of pyridine rings is 1. The molecule has 26 heavy (non-hydrogen) atoms. The number of carbonyl (C=O) groups excluding carboxylic acids is 1. The van der Waals surface area contributed by atoms with E-state index in [2.05, 4.69) is 10.3 Å². The molecule has 1 aliphatic heterocycles. The largest absolute Gasteiger partial charge is 0.497 e. The Morgan fingerprint density at radius 1 is 1.46 bits per heavy atom. The lowest BCUT2D eigenvalue weighted by atomic mass is 9.78. The number of fused-ring (bicyclic) bond motifs is 1. The molecule has 3 rings (SSSR count). The Kier molecular flexibility index (Phi) is 5.72. The molecule has 1 aromatic heterocycles. The van der Waals surface area contributed by atoms with Crippen LogP contribution in [0.4, 0.5) is 0 Å². The first-order valence-electron chi connectivity index (χ1n) is 8.51. The number of methoxy groups -OCH3 is 1. The normalized spacial score (nSPS) is 18.2. The number of ether oxygens (including phenoxy) is 1. The van der Waals surface area contributed by atoms with E-state index in [0.717, 1.165) is 11.8 Å². The Labute approximate surface area is 151 Å². The Balaban J connectivity index is 1.69. The topological polar surface area (TPSA) is 115 Å². The van der Waals surface area contributed by atoms with Crippen molar-refractivity contribution in [2.45, 2.75) is 25.0 Å². The van der Waals surface area contributed by atoms with Crippen molar-refractivity contribution < 1.29 is 24.7 Å². The smallest absolute Gasteiger partial charge is 0.475 e. The maximum atomic E-state index is 12.3. The molecule has 1 unspecified atom stereocenters. The fourth-order valence-corrected chi connectivity index (χ4v) is 3.32. The molecular weight excluding hydrogens is 337 g/mol. The minimum absolute atomic E-state index is 0.107. The molecule has 1 saturated heterocycles. The second-order valence-corrected chi connectivity index (χ2v) is 6.28. The van der Waals surface area contributed by atoms with Crippen molar-refractivity contribution in [3.05, 3.63) is 36.0 Å². The molecule has 0 spiro atoms. The lowest BCUT2D eigenvalue weighted by Gasteiger charge is -2.25. The number of carbonyl (C=O) groups is 1. The van der Waals surface area contributed by atoms with Gasteiger partial charge in [-0.05, 0) is 31.0 Å². The predicted molar refractivity (Wildman–Crippen MR) is 96.2 cm³/mol. The van der Waals surface area contributed by atoms with E-state index < -0.39 is 19.3 Å². The number of rotatable bonds is 6. The molecule has 8 nitrogen and oxygen atoms in total. The quantitative estimate of drug-likeness (QED) is 0.418. The van der Waals surface area contributed by atoms with Crippen LogP contribution in [-0.4, -0.2) is 64.2 Å². The highest BCUT2D eigenvalue weighted by Gasteiger charge is 2.36. The summed E-state index contributed by atoms with van der Waals surface area (Å²) in [6, 6.07) is 7.05. The van der Waals surface area contributed by atoms with Gasteiger partial charge in [-0.1, -0.05) is 0 Å². The molecule has 2 heterocycles. The fourth-order valence-electron chi connectivity index (χ4n) is 3.32. The van der Waals surface area contributed by atoms with E-state index in [1.165, 1.54) is 4.90 Å². The summed E-state index contributed by atoms with van der Waals surface area (Å²) in [5.74, 6) is -0.197. The molecule has 0 aliphatic carbocycles. The van der Waals surface area contributed by atoms with Gasteiger partial charge in [0.2, 0.25) is 5.91 Å². The van der Waals surface area contributed by atoms with Gasteiger partial charge in [-0.15, -0.1) is 0 Å². The average molecular weight is 359 g/mol. The van der Waals surface area contributed by atoms with Gasteiger partial charge in [-0.25, -0.2) is 0 Å². The summed E-state index contributed by atoms with van der Waals surface area (Å²) in [5, 5.41) is 32.8. The van der Waals surface area contributed by atoms with E-state index >= 15 is 0 Å². The Morgan fingerprint density at radius 2 is 2.27 bits per heavy atom. The van der Waals surface area contributed by atoms with E-state index in [4.69, 9.17) is 4.74 Å². The summed E-state index contributed by atoms with van der Waals surface area (Å²) in [7, 11) is 0.0209. The van der Waals surface area contributed by atoms with E-state index in [1.54, 1.807) is 31.5 Å². The second-order valence-electron chi connectivity index (χ2n) is 6.28. The van der Waals surface area contributed by atoms with Gasteiger partial charge in [0.05, 0.1) is 25.1 Å². The molecule has 9 heteroatoms. The number of aliphatic hydroxyl groups excluding tert-OH is 1. The first kappa shape index (κ1) is 18.6. The molecule has 4 N–H and O–H groups in total. The Hall–Kier alpha value is -2.20. The zero-order valence-electron chi connectivity index (χ0n) is 14.5. The van der Waals surface area contributed by atoms with Crippen LogP contribution >= 0.6 is 0 Å². The lowest BCUT2D eigenvalue weighted by molar-refractivity contribution is -0.130. The van der Waals surface area contributed by atoms with Gasteiger partial charge < -0.3 is 24.8 Å². The fraction of sp³-hybridized carbons (Fsp3) is 0.412. The summed E-state index contributed by atoms with van der Waals surface area (Å²) in [4.78, 5) is 18.1.